The van der Waals surface area contributed by atoms with Gasteiger partial charge in [0.25, 0.3) is 0 Å². The average Bonchev–Trinajstić information content (AvgIpc) is 2.78. The lowest BCUT2D eigenvalue weighted by Gasteiger charge is -2.02. The number of benzene rings is 1. The number of rotatable bonds is 2. The van der Waals surface area contributed by atoms with E-state index in [9.17, 15) is 0 Å². The summed E-state index contributed by atoms with van der Waals surface area (Å²) < 4.78 is 0. The fraction of sp³-hybridized carbons (Fsp3) is 0.273. The molecular weight excluding hydrogens is 190 g/mol. The number of oxime groups is 1. The van der Waals surface area contributed by atoms with Crippen LogP contribution < -0.4 is 5.73 Å². The van der Waals surface area contributed by atoms with Crippen molar-refractivity contribution in [3.8, 4) is 6.07 Å². The number of hydrogen-bond donors (Lipinski definition) is 1. The van der Waals surface area contributed by atoms with Crippen molar-refractivity contribution in [2.75, 3.05) is 6.54 Å². The SMILES string of the molecule is N#Cc1cccc(C2=NO[C@@H](CN)C2)c1. The summed E-state index contributed by atoms with van der Waals surface area (Å²) in [4.78, 5) is 5.12. The van der Waals surface area contributed by atoms with Crippen molar-refractivity contribution in [1.29, 1.82) is 5.26 Å². The Morgan fingerprint density at radius 3 is 3.13 bits per heavy atom. The minimum absolute atomic E-state index is 0.0225. The van der Waals surface area contributed by atoms with Crippen LogP contribution in [0, 0.1) is 11.3 Å². The second kappa shape index (κ2) is 4.11. The molecule has 1 aliphatic rings. The van der Waals surface area contributed by atoms with Crippen molar-refractivity contribution < 1.29 is 4.84 Å². The Bertz CT molecular complexity index is 434. The van der Waals surface area contributed by atoms with E-state index in [0.717, 1.165) is 11.3 Å². The number of nitrogens with zero attached hydrogens (tertiary/aromatic N) is 2. The highest BCUT2D eigenvalue weighted by Crippen LogP contribution is 2.16. The molecule has 4 nitrogen and oxygen atoms in total. The van der Waals surface area contributed by atoms with Crippen LogP contribution in [0.2, 0.25) is 0 Å². The monoisotopic (exact) mass is 201 g/mol. The molecule has 1 heterocycles. The van der Waals surface area contributed by atoms with Gasteiger partial charge in [0, 0.05) is 18.5 Å². The van der Waals surface area contributed by atoms with Crippen LogP contribution >= 0.6 is 0 Å². The van der Waals surface area contributed by atoms with Crippen LogP contribution in [0.25, 0.3) is 0 Å². The third kappa shape index (κ3) is 1.97. The minimum Gasteiger partial charge on any atom is -0.390 e. The molecule has 1 aliphatic heterocycles. The molecule has 4 heteroatoms. The van der Waals surface area contributed by atoms with Gasteiger partial charge in [-0.05, 0) is 12.1 Å². The Balaban J connectivity index is 2.21. The summed E-state index contributed by atoms with van der Waals surface area (Å²) in [6, 6.07) is 9.42. The van der Waals surface area contributed by atoms with Crippen molar-refractivity contribution in [2.24, 2.45) is 10.9 Å². The fourth-order valence-corrected chi connectivity index (χ4v) is 1.49. The van der Waals surface area contributed by atoms with Gasteiger partial charge in [0.2, 0.25) is 0 Å². The quantitative estimate of drug-likeness (QED) is 0.776. The van der Waals surface area contributed by atoms with Gasteiger partial charge in [-0.3, -0.25) is 0 Å². The van der Waals surface area contributed by atoms with Gasteiger partial charge in [0.05, 0.1) is 17.3 Å². The lowest BCUT2D eigenvalue weighted by Crippen LogP contribution is -2.20. The van der Waals surface area contributed by atoms with E-state index >= 15 is 0 Å². The number of nitriles is 1. The Morgan fingerprint density at radius 2 is 2.47 bits per heavy atom. The molecule has 0 saturated heterocycles. The Labute approximate surface area is 87.9 Å². The summed E-state index contributed by atoms with van der Waals surface area (Å²) in [6.07, 6.45) is 0.691. The van der Waals surface area contributed by atoms with Crippen LogP contribution in [0.4, 0.5) is 0 Å². The molecule has 0 radical (unpaired) electrons. The minimum atomic E-state index is -0.0225. The van der Waals surface area contributed by atoms with Crippen molar-refractivity contribution in [2.45, 2.75) is 12.5 Å². The summed E-state index contributed by atoms with van der Waals surface area (Å²) in [7, 11) is 0. The normalized spacial score (nSPS) is 19.2. The molecule has 0 aromatic heterocycles. The smallest absolute Gasteiger partial charge is 0.145 e. The molecule has 0 amide bonds. The van der Waals surface area contributed by atoms with E-state index in [0.29, 0.717) is 18.5 Å². The van der Waals surface area contributed by atoms with E-state index in [1.165, 1.54) is 0 Å². The molecule has 0 fully saturated rings. The van der Waals surface area contributed by atoms with Crippen molar-refractivity contribution >= 4 is 5.71 Å². The highest BCUT2D eigenvalue weighted by atomic mass is 16.6. The maximum Gasteiger partial charge on any atom is 0.145 e. The van der Waals surface area contributed by atoms with Crippen molar-refractivity contribution in [3.63, 3.8) is 0 Å². The van der Waals surface area contributed by atoms with Crippen LogP contribution in [-0.4, -0.2) is 18.4 Å². The Hall–Kier alpha value is -1.86. The molecule has 0 bridgehead atoms. The topological polar surface area (TPSA) is 71.4 Å². The predicted octanol–water partition coefficient (Wildman–Crippen LogP) is 1.01. The molecule has 1 aromatic rings. The van der Waals surface area contributed by atoms with Gasteiger partial charge < -0.3 is 10.6 Å². The highest BCUT2D eigenvalue weighted by molar-refractivity contribution is 6.01. The first kappa shape index (κ1) is 9.69. The second-order valence-electron chi connectivity index (χ2n) is 3.40. The molecule has 2 rings (SSSR count). The summed E-state index contributed by atoms with van der Waals surface area (Å²) >= 11 is 0. The first-order valence-electron chi connectivity index (χ1n) is 4.77. The Kier molecular flexibility index (Phi) is 2.66. The van der Waals surface area contributed by atoms with Gasteiger partial charge in [0.1, 0.15) is 6.10 Å². The molecule has 1 aromatic carbocycles. The summed E-state index contributed by atoms with van der Waals surface area (Å²) in [6.45, 7) is 0.463. The summed E-state index contributed by atoms with van der Waals surface area (Å²) in [5.41, 5.74) is 7.91. The number of hydrogen-bond acceptors (Lipinski definition) is 4. The van der Waals surface area contributed by atoms with E-state index < -0.39 is 0 Å². The van der Waals surface area contributed by atoms with Gasteiger partial charge in [-0.1, -0.05) is 17.3 Å². The van der Waals surface area contributed by atoms with Crippen LogP contribution in [0.3, 0.4) is 0 Å². The number of nitrogens with two attached hydrogens (primary N) is 1. The van der Waals surface area contributed by atoms with Crippen LogP contribution in [0.5, 0.6) is 0 Å². The van der Waals surface area contributed by atoms with E-state index in [-0.39, 0.29) is 6.10 Å². The third-order valence-corrected chi connectivity index (χ3v) is 2.32. The molecule has 76 valence electrons. The first-order chi connectivity index (χ1) is 7.33. The van der Waals surface area contributed by atoms with Gasteiger partial charge >= 0.3 is 0 Å². The zero-order valence-corrected chi connectivity index (χ0v) is 8.18. The molecule has 0 unspecified atom stereocenters. The third-order valence-electron chi connectivity index (χ3n) is 2.32. The standard InChI is InChI=1S/C11H11N3O/c12-6-8-2-1-3-9(4-8)11-5-10(7-13)15-14-11/h1-4,10H,5,7,13H2/t10-/m1/s1. The van der Waals surface area contributed by atoms with Gasteiger partial charge in [-0.2, -0.15) is 5.26 Å². The maximum absolute atomic E-state index is 8.76. The second-order valence-corrected chi connectivity index (χ2v) is 3.40. The van der Waals surface area contributed by atoms with Gasteiger partial charge in [0.15, 0.2) is 0 Å². The molecule has 2 N–H and O–H groups in total. The molecule has 0 aliphatic carbocycles. The highest BCUT2D eigenvalue weighted by Gasteiger charge is 2.20. The van der Waals surface area contributed by atoms with Crippen LogP contribution in [0.15, 0.2) is 29.4 Å². The Morgan fingerprint density at radius 1 is 1.60 bits per heavy atom. The zero-order valence-electron chi connectivity index (χ0n) is 8.18. The molecule has 0 spiro atoms. The van der Waals surface area contributed by atoms with Gasteiger partial charge in [-0.25, -0.2) is 0 Å². The van der Waals surface area contributed by atoms with E-state index in [2.05, 4.69) is 11.2 Å². The first-order valence-corrected chi connectivity index (χ1v) is 4.77. The van der Waals surface area contributed by atoms with E-state index in [1.807, 2.05) is 12.1 Å². The average molecular weight is 201 g/mol. The van der Waals surface area contributed by atoms with Gasteiger partial charge in [-0.15, -0.1) is 0 Å². The lowest BCUT2D eigenvalue weighted by molar-refractivity contribution is 0.0918. The van der Waals surface area contributed by atoms with E-state index in [1.54, 1.807) is 12.1 Å². The molecule has 15 heavy (non-hydrogen) atoms. The summed E-state index contributed by atoms with van der Waals surface area (Å²) in [5.74, 6) is 0. The van der Waals surface area contributed by atoms with Crippen molar-refractivity contribution in [1.82, 2.24) is 0 Å². The molecule has 1 atom stereocenters. The largest absolute Gasteiger partial charge is 0.390 e. The summed E-state index contributed by atoms with van der Waals surface area (Å²) in [5, 5.41) is 12.7. The van der Waals surface area contributed by atoms with Crippen LogP contribution in [-0.2, 0) is 4.84 Å². The van der Waals surface area contributed by atoms with Crippen LogP contribution in [0.1, 0.15) is 17.5 Å². The maximum atomic E-state index is 8.76. The molecule has 0 saturated carbocycles. The zero-order chi connectivity index (χ0) is 10.7. The van der Waals surface area contributed by atoms with Crippen molar-refractivity contribution in [3.05, 3.63) is 35.4 Å². The molecular formula is C11H11N3O. The fourth-order valence-electron chi connectivity index (χ4n) is 1.49. The predicted molar refractivity (Wildman–Crippen MR) is 56.2 cm³/mol. The lowest BCUT2D eigenvalue weighted by atomic mass is 10.0. The van der Waals surface area contributed by atoms with E-state index in [4.69, 9.17) is 15.8 Å².